The number of nitrogen functional groups attached to an aromatic ring is 1. The standard InChI is InChI=1S/C17H20N6O/c1-2-11-3-4-13-9-22(6-5-12(13)7-11)10-14-8-15(24)23-17(19-14)20-16(18)21-23/h3-4,7-8H,2,5-6,9-10H2,1H3,(H3,18,19,20,21). The lowest BCUT2D eigenvalue weighted by molar-refractivity contribution is 0.242. The molecule has 24 heavy (non-hydrogen) atoms. The minimum absolute atomic E-state index is 0.190. The van der Waals surface area contributed by atoms with Crippen molar-refractivity contribution in [2.24, 2.45) is 0 Å². The van der Waals surface area contributed by atoms with Crippen molar-refractivity contribution in [1.29, 1.82) is 0 Å². The Kier molecular flexibility index (Phi) is 3.57. The Labute approximate surface area is 139 Å². The van der Waals surface area contributed by atoms with E-state index in [1.54, 1.807) is 6.07 Å². The molecule has 4 rings (SSSR count). The molecule has 0 saturated heterocycles. The van der Waals surface area contributed by atoms with Gasteiger partial charge < -0.3 is 5.73 Å². The van der Waals surface area contributed by atoms with E-state index in [1.807, 2.05) is 0 Å². The summed E-state index contributed by atoms with van der Waals surface area (Å²) in [5.41, 5.74) is 10.3. The number of rotatable bonds is 3. The third kappa shape index (κ3) is 2.67. The van der Waals surface area contributed by atoms with Gasteiger partial charge in [-0.3, -0.25) is 14.8 Å². The van der Waals surface area contributed by atoms with Gasteiger partial charge in [0.2, 0.25) is 5.95 Å². The molecule has 0 atom stereocenters. The summed E-state index contributed by atoms with van der Waals surface area (Å²) in [6.07, 6.45) is 2.09. The number of anilines is 1. The van der Waals surface area contributed by atoms with Crippen LogP contribution in [-0.2, 0) is 25.9 Å². The average Bonchev–Trinajstić information content (AvgIpc) is 2.95. The number of fused-ring (bicyclic) bond motifs is 2. The number of aromatic nitrogens is 4. The van der Waals surface area contributed by atoms with Crippen LogP contribution in [0.5, 0.6) is 0 Å². The molecule has 0 saturated carbocycles. The zero-order valence-electron chi connectivity index (χ0n) is 13.6. The number of nitrogens with two attached hydrogens (primary N) is 1. The molecular formula is C17H20N6O. The van der Waals surface area contributed by atoms with Gasteiger partial charge in [0, 0.05) is 25.7 Å². The van der Waals surface area contributed by atoms with Crippen LogP contribution in [0.15, 0.2) is 29.1 Å². The molecule has 0 amide bonds. The molecule has 124 valence electrons. The van der Waals surface area contributed by atoms with Crippen LogP contribution in [0.3, 0.4) is 0 Å². The Morgan fingerprint density at radius 3 is 2.96 bits per heavy atom. The minimum Gasteiger partial charge on any atom is -0.368 e. The van der Waals surface area contributed by atoms with Crippen LogP contribution in [0.4, 0.5) is 5.95 Å². The van der Waals surface area contributed by atoms with Crippen LogP contribution in [0.2, 0.25) is 0 Å². The zero-order chi connectivity index (χ0) is 16.7. The molecule has 7 nitrogen and oxygen atoms in total. The predicted octanol–water partition coefficient (Wildman–Crippen LogP) is 1.12. The SMILES string of the molecule is CCc1ccc2c(c1)CCN(Cc1cc(=O)n3[nH]c(N)nc3n1)C2. The first-order valence-electron chi connectivity index (χ1n) is 8.19. The maximum Gasteiger partial charge on any atom is 0.274 e. The summed E-state index contributed by atoms with van der Waals surface area (Å²) in [6, 6.07) is 8.28. The van der Waals surface area contributed by atoms with Gasteiger partial charge in [-0.1, -0.05) is 25.1 Å². The van der Waals surface area contributed by atoms with E-state index in [0.29, 0.717) is 12.3 Å². The van der Waals surface area contributed by atoms with Crippen LogP contribution in [-0.4, -0.2) is 31.0 Å². The molecule has 2 aromatic heterocycles. The van der Waals surface area contributed by atoms with Gasteiger partial charge in [0.05, 0.1) is 5.69 Å². The van der Waals surface area contributed by atoms with Gasteiger partial charge in [-0.2, -0.15) is 9.50 Å². The average molecular weight is 324 g/mol. The summed E-state index contributed by atoms with van der Waals surface area (Å²) in [7, 11) is 0. The maximum absolute atomic E-state index is 12.1. The summed E-state index contributed by atoms with van der Waals surface area (Å²) >= 11 is 0. The van der Waals surface area contributed by atoms with Gasteiger partial charge in [0.15, 0.2) is 0 Å². The number of H-pyrrole nitrogens is 1. The predicted molar refractivity (Wildman–Crippen MR) is 91.7 cm³/mol. The first-order chi connectivity index (χ1) is 11.6. The van der Waals surface area contributed by atoms with Crippen molar-refractivity contribution in [1.82, 2.24) is 24.5 Å². The van der Waals surface area contributed by atoms with Gasteiger partial charge in [-0.05, 0) is 29.5 Å². The van der Waals surface area contributed by atoms with Crippen molar-refractivity contribution < 1.29 is 0 Å². The number of aromatic amines is 1. The fourth-order valence-electron chi connectivity index (χ4n) is 3.27. The Morgan fingerprint density at radius 1 is 1.25 bits per heavy atom. The van der Waals surface area contributed by atoms with E-state index in [4.69, 9.17) is 5.73 Å². The lowest BCUT2D eigenvalue weighted by Crippen LogP contribution is -2.31. The summed E-state index contributed by atoms with van der Waals surface area (Å²) in [4.78, 5) is 22.9. The smallest absolute Gasteiger partial charge is 0.274 e. The van der Waals surface area contributed by atoms with E-state index in [1.165, 1.54) is 21.2 Å². The van der Waals surface area contributed by atoms with E-state index >= 15 is 0 Å². The lowest BCUT2D eigenvalue weighted by atomic mass is 9.96. The van der Waals surface area contributed by atoms with Crippen molar-refractivity contribution >= 4 is 11.7 Å². The van der Waals surface area contributed by atoms with Crippen LogP contribution in [0, 0.1) is 0 Å². The van der Waals surface area contributed by atoms with Gasteiger partial charge in [-0.25, -0.2) is 4.98 Å². The molecule has 7 heteroatoms. The largest absolute Gasteiger partial charge is 0.368 e. The monoisotopic (exact) mass is 324 g/mol. The Balaban J connectivity index is 1.57. The highest BCUT2D eigenvalue weighted by Crippen LogP contribution is 2.21. The molecular weight excluding hydrogens is 304 g/mol. The molecule has 0 radical (unpaired) electrons. The fourth-order valence-corrected chi connectivity index (χ4v) is 3.27. The maximum atomic E-state index is 12.1. The van der Waals surface area contributed by atoms with Crippen molar-refractivity contribution in [3.8, 4) is 0 Å². The van der Waals surface area contributed by atoms with Crippen LogP contribution in [0.25, 0.3) is 5.78 Å². The number of hydrogen-bond acceptors (Lipinski definition) is 5. The van der Waals surface area contributed by atoms with Gasteiger partial charge >= 0.3 is 0 Å². The molecule has 0 fully saturated rings. The van der Waals surface area contributed by atoms with Crippen molar-refractivity contribution in [3.05, 3.63) is 57.0 Å². The van der Waals surface area contributed by atoms with E-state index in [2.05, 4.69) is 45.1 Å². The normalized spacial score (nSPS) is 14.9. The second-order valence-electron chi connectivity index (χ2n) is 6.25. The molecule has 1 aliphatic rings. The summed E-state index contributed by atoms with van der Waals surface area (Å²) in [6.45, 7) is 4.65. The second kappa shape index (κ2) is 5.76. The summed E-state index contributed by atoms with van der Waals surface area (Å²) in [5, 5.41) is 2.68. The van der Waals surface area contributed by atoms with E-state index in [0.717, 1.165) is 31.6 Å². The second-order valence-corrected chi connectivity index (χ2v) is 6.25. The van der Waals surface area contributed by atoms with Gasteiger partial charge in [0.25, 0.3) is 11.3 Å². The molecule has 1 aliphatic heterocycles. The Morgan fingerprint density at radius 2 is 2.12 bits per heavy atom. The van der Waals surface area contributed by atoms with E-state index in [9.17, 15) is 4.79 Å². The highest BCUT2D eigenvalue weighted by Gasteiger charge is 2.18. The summed E-state index contributed by atoms with van der Waals surface area (Å²) in [5.74, 6) is 0.510. The highest BCUT2D eigenvalue weighted by atomic mass is 16.1. The molecule has 3 N–H and O–H groups in total. The van der Waals surface area contributed by atoms with Crippen molar-refractivity contribution in [2.45, 2.75) is 32.9 Å². The molecule has 3 aromatic rings. The first-order valence-corrected chi connectivity index (χ1v) is 8.19. The number of hydrogen-bond donors (Lipinski definition) is 2. The van der Waals surface area contributed by atoms with Crippen molar-refractivity contribution in [2.75, 3.05) is 12.3 Å². The third-order valence-electron chi connectivity index (χ3n) is 4.56. The molecule has 0 spiro atoms. The molecule has 0 aliphatic carbocycles. The zero-order valence-corrected chi connectivity index (χ0v) is 13.6. The highest BCUT2D eigenvalue weighted by molar-refractivity contribution is 5.35. The topological polar surface area (TPSA) is 92.3 Å². The fraction of sp³-hybridized carbons (Fsp3) is 0.353. The molecule has 0 bridgehead atoms. The van der Waals surface area contributed by atoms with Gasteiger partial charge in [-0.15, -0.1) is 0 Å². The summed E-state index contributed by atoms with van der Waals surface area (Å²) < 4.78 is 1.26. The van der Waals surface area contributed by atoms with Crippen LogP contribution >= 0.6 is 0 Å². The lowest BCUT2D eigenvalue weighted by Gasteiger charge is -2.28. The van der Waals surface area contributed by atoms with E-state index in [-0.39, 0.29) is 11.5 Å². The number of nitrogens with zero attached hydrogens (tertiary/aromatic N) is 4. The number of nitrogens with one attached hydrogen (secondary N) is 1. The Bertz CT molecular complexity index is 957. The number of aryl methyl sites for hydroxylation is 1. The van der Waals surface area contributed by atoms with Gasteiger partial charge in [0.1, 0.15) is 0 Å². The third-order valence-corrected chi connectivity index (χ3v) is 4.56. The number of benzene rings is 1. The molecule has 3 heterocycles. The Hall–Kier alpha value is -2.67. The van der Waals surface area contributed by atoms with Crippen LogP contribution in [0.1, 0.15) is 29.3 Å². The molecule has 1 aromatic carbocycles. The quantitative estimate of drug-likeness (QED) is 0.753. The molecule has 0 unspecified atom stereocenters. The minimum atomic E-state index is -0.191. The van der Waals surface area contributed by atoms with Crippen LogP contribution < -0.4 is 11.3 Å². The van der Waals surface area contributed by atoms with Crippen molar-refractivity contribution in [3.63, 3.8) is 0 Å². The first kappa shape index (κ1) is 14.9. The van der Waals surface area contributed by atoms with E-state index < -0.39 is 0 Å².